The van der Waals surface area contributed by atoms with Gasteiger partial charge in [0.25, 0.3) is 0 Å². The maximum atomic E-state index is 12.4. The number of aryl methyl sites for hydroxylation is 1. The Bertz CT molecular complexity index is 591. The molecule has 0 amide bonds. The first-order valence-electron chi connectivity index (χ1n) is 6.02. The normalized spacial score (nSPS) is 11.4. The maximum absolute atomic E-state index is 12.4. The largest absolute Gasteiger partial charge is 0.416 e. The molecule has 0 aliphatic rings. The highest BCUT2D eigenvalue weighted by molar-refractivity contribution is 9.10. The van der Waals surface area contributed by atoms with E-state index in [9.17, 15) is 13.2 Å². The minimum Gasteiger partial charge on any atom is -0.381 e. The van der Waals surface area contributed by atoms with Crippen LogP contribution in [0.3, 0.4) is 0 Å². The van der Waals surface area contributed by atoms with Crippen molar-refractivity contribution in [1.29, 1.82) is 0 Å². The van der Waals surface area contributed by atoms with Crippen LogP contribution in [-0.2, 0) is 12.7 Å². The molecule has 2 rings (SSSR count). The topological polar surface area (TPSA) is 12.0 Å². The highest BCUT2D eigenvalue weighted by Crippen LogP contribution is 2.29. The number of nitrogens with one attached hydrogen (secondary N) is 1. The molecule has 20 heavy (non-hydrogen) atoms. The lowest BCUT2D eigenvalue weighted by Crippen LogP contribution is -2.06. The zero-order valence-corrected chi connectivity index (χ0v) is 12.3. The summed E-state index contributed by atoms with van der Waals surface area (Å²) in [5.74, 6) is 0. The molecule has 0 saturated carbocycles. The Morgan fingerprint density at radius 3 is 2.25 bits per heavy atom. The van der Waals surface area contributed by atoms with Gasteiger partial charge in [0, 0.05) is 16.7 Å². The van der Waals surface area contributed by atoms with E-state index in [1.54, 1.807) is 0 Å². The number of hydrogen-bond donors (Lipinski definition) is 1. The summed E-state index contributed by atoms with van der Waals surface area (Å²) in [4.78, 5) is 0. The minimum absolute atomic E-state index is 0.487. The number of hydrogen-bond acceptors (Lipinski definition) is 1. The third kappa shape index (κ3) is 3.76. The molecular weight excluding hydrogens is 331 g/mol. The molecule has 1 N–H and O–H groups in total. The summed E-state index contributed by atoms with van der Waals surface area (Å²) in [6.07, 6.45) is -4.28. The first-order valence-corrected chi connectivity index (χ1v) is 6.82. The van der Waals surface area contributed by atoms with Gasteiger partial charge in [0.1, 0.15) is 0 Å². The van der Waals surface area contributed by atoms with Crippen LogP contribution in [0.2, 0.25) is 0 Å². The lowest BCUT2D eigenvalue weighted by molar-refractivity contribution is -0.137. The van der Waals surface area contributed by atoms with Crippen molar-refractivity contribution in [2.45, 2.75) is 19.6 Å². The van der Waals surface area contributed by atoms with Gasteiger partial charge >= 0.3 is 6.18 Å². The molecule has 0 unspecified atom stereocenters. The monoisotopic (exact) mass is 343 g/mol. The molecule has 0 radical (unpaired) electrons. The highest BCUT2D eigenvalue weighted by atomic mass is 79.9. The van der Waals surface area contributed by atoms with Crippen molar-refractivity contribution in [3.05, 3.63) is 63.6 Å². The fourth-order valence-electron chi connectivity index (χ4n) is 1.83. The van der Waals surface area contributed by atoms with E-state index < -0.39 is 11.7 Å². The number of halogens is 4. The number of benzene rings is 2. The molecule has 0 fully saturated rings. The van der Waals surface area contributed by atoms with E-state index in [0.29, 0.717) is 6.54 Å². The molecule has 0 aromatic heterocycles. The fourth-order valence-corrected chi connectivity index (χ4v) is 2.31. The molecule has 0 bridgehead atoms. The van der Waals surface area contributed by atoms with Crippen molar-refractivity contribution in [2.24, 2.45) is 0 Å². The Labute approximate surface area is 123 Å². The molecule has 2 aromatic carbocycles. The lowest BCUT2D eigenvalue weighted by atomic mass is 10.1. The minimum atomic E-state index is -4.28. The maximum Gasteiger partial charge on any atom is 0.416 e. The molecule has 0 aliphatic carbocycles. The molecule has 2 aromatic rings. The van der Waals surface area contributed by atoms with E-state index in [1.807, 2.05) is 25.1 Å². The SMILES string of the molecule is Cc1cc(Br)ccc1NCc1ccc(C(F)(F)F)cc1. The average Bonchev–Trinajstić information content (AvgIpc) is 2.37. The number of anilines is 1. The van der Waals surface area contributed by atoms with Crippen LogP contribution in [0.1, 0.15) is 16.7 Å². The average molecular weight is 344 g/mol. The summed E-state index contributed by atoms with van der Waals surface area (Å²) in [7, 11) is 0. The van der Waals surface area contributed by atoms with Crippen LogP contribution in [0.15, 0.2) is 46.9 Å². The van der Waals surface area contributed by atoms with Gasteiger partial charge in [-0.1, -0.05) is 28.1 Å². The van der Waals surface area contributed by atoms with Crippen LogP contribution in [0, 0.1) is 6.92 Å². The van der Waals surface area contributed by atoms with Crippen LogP contribution in [0.5, 0.6) is 0 Å². The highest BCUT2D eigenvalue weighted by Gasteiger charge is 2.29. The molecule has 0 heterocycles. The van der Waals surface area contributed by atoms with Gasteiger partial charge in [0.05, 0.1) is 5.56 Å². The molecule has 0 atom stereocenters. The summed E-state index contributed by atoms with van der Waals surface area (Å²) >= 11 is 3.38. The quantitative estimate of drug-likeness (QED) is 0.787. The van der Waals surface area contributed by atoms with Crippen molar-refractivity contribution >= 4 is 21.6 Å². The number of rotatable bonds is 3. The van der Waals surface area contributed by atoms with E-state index in [-0.39, 0.29) is 0 Å². The van der Waals surface area contributed by atoms with Gasteiger partial charge < -0.3 is 5.32 Å². The van der Waals surface area contributed by atoms with E-state index in [4.69, 9.17) is 0 Å². The van der Waals surface area contributed by atoms with Crippen molar-refractivity contribution in [3.8, 4) is 0 Å². The lowest BCUT2D eigenvalue weighted by Gasteiger charge is -2.11. The van der Waals surface area contributed by atoms with Gasteiger partial charge in [-0.3, -0.25) is 0 Å². The van der Waals surface area contributed by atoms with Gasteiger partial charge in [-0.2, -0.15) is 13.2 Å². The summed E-state index contributed by atoms with van der Waals surface area (Å²) < 4.78 is 38.3. The zero-order valence-electron chi connectivity index (χ0n) is 10.8. The van der Waals surface area contributed by atoms with Crippen molar-refractivity contribution in [2.75, 3.05) is 5.32 Å². The Morgan fingerprint density at radius 1 is 1.05 bits per heavy atom. The van der Waals surface area contributed by atoms with Crippen molar-refractivity contribution in [3.63, 3.8) is 0 Å². The van der Waals surface area contributed by atoms with Gasteiger partial charge in [-0.05, 0) is 48.4 Å². The summed E-state index contributed by atoms with van der Waals surface area (Å²) in [6.45, 7) is 2.46. The summed E-state index contributed by atoms with van der Waals surface area (Å²) in [5, 5.41) is 3.21. The molecule has 0 aliphatic heterocycles. The van der Waals surface area contributed by atoms with Crippen LogP contribution in [-0.4, -0.2) is 0 Å². The number of alkyl halides is 3. The van der Waals surface area contributed by atoms with E-state index in [2.05, 4.69) is 21.2 Å². The Kier molecular flexibility index (Phi) is 4.38. The third-order valence-corrected chi connectivity index (χ3v) is 3.45. The Balaban J connectivity index is 2.04. The van der Waals surface area contributed by atoms with Crippen molar-refractivity contribution < 1.29 is 13.2 Å². The van der Waals surface area contributed by atoms with Crippen LogP contribution in [0.4, 0.5) is 18.9 Å². The molecule has 1 nitrogen and oxygen atoms in total. The first kappa shape index (κ1) is 14.9. The van der Waals surface area contributed by atoms with Gasteiger partial charge in [-0.25, -0.2) is 0 Å². The smallest absolute Gasteiger partial charge is 0.381 e. The molecule has 0 saturated heterocycles. The standard InChI is InChI=1S/C15H13BrF3N/c1-10-8-13(16)6-7-14(10)20-9-11-2-4-12(5-3-11)15(17,18)19/h2-8,20H,9H2,1H3. The van der Waals surface area contributed by atoms with E-state index in [0.717, 1.165) is 33.4 Å². The fraction of sp³-hybridized carbons (Fsp3) is 0.200. The first-order chi connectivity index (χ1) is 9.36. The third-order valence-electron chi connectivity index (χ3n) is 2.95. The zero-order chi connectivity index (χ0) is 14.8. The molecule has 0 spiro atoms. The second-order valence-electron chi connectivity index (χ2n) is 4.51. The molecular formula is C15H13BrF3N. The van der Waals surface area contributed by atoms with Crippen molar-refractivity contribution in [1.82, 2.24) is 0 Å². The van der Waals surface area contributed by atoms with Crippen LogP contribution in [0.25, 0.3) is 0 Å². The molecule has 106 valence electrons. The van der Waals surface area contributed by atoms with Crippen LogP contribution >= 0.6 is 15.9 Å². The second-order valence-corrected chi connectivity index (χ2v) is 5.42. The Morgan fingerprint density at radius 2 is 1.70 bits per heavy atom. The van der Waals surface area contributed by atoms with Gasteiger partial charge in [0.2, 0.25) is 0 Å². The molecule has 5 heteroatoms. The predicted octanol–water partition coefficient (Wildman–Crippen LogP) is 5.39. The van der Waals surface area contributed by atoms with Gasteiger partial charge in [0.15, 0.2) is 0 Å². The van der Waals surface area contributed by atoms with Crippen LogP contribution < -0.4 is 5.32 Å². The van der Waals surface area contributed by atoms with Gasteiger partial charge in [-0.15, -0.1) is 0 Å². The predicted molar refractivity (Wildman–Crippen MR) is 77.6 cm³/mol. The second kappa shape index (κ2) is 5.87. The van der Waals surface area contributed by atoms with E-state index in [1.165, 1.54) is 12.1 Å². The summed E-state index contributed by atoms with van der Waals surface area (Å²) in [5.41, 5.74) is 2.22. The Hall–Kier alpha value is -1.49. The van der Waals surface area contributed by atoms with E-state index >= 15 is 0 Å². The summed E-state index contributed by atoms with van der Waals surface area (Å²) in [6, 6.07) is 11.0.